The molecule has 0 spiro atoms. The smallest absolute Gasteiger partial charge is 0.240 e. The van der Waals surface area contributed by atoms with Crippen LogP contribution in [-0.2, 0) is 9.59 Å². The second-order valence-corrected chi connectivity index (χ2v) is 7.38. The average molecular weight is 367 g/mol. The Labute approximate surface area is 157 Å². The molecule has 5 nitrogen and oxygen atoms in total. The number of carbonyl (C=O) groups excluding carboxylic acids is 2. The van der Waals surface area contributed by atoms with Crippen LogP contribution >= 0.6 is 11.8 Å². The van der Waals surface area contributed by atoms with Crippen LogP contribution in [0, 0.1) is 6.92 Å². The van der Waals surface area contributed by atoms with Gasteiger partial charge in [-0.2, -0.15) is 0 Å². The molecule has 134 valence electrons. The number of nitrogens with zero attached hydrogens (tertiary/aromatic N) is 1. The van der Waals surface area contributed by atoms with Crippen LogP contribution in [0.4, 0.5) is 5.69 Å². The molecule has 2 aromatic rings. The highest BCUT2D eigenvalue weighted by molar-refractivity contribution is 8.15. The van der Waals surface area contributed by atoms with E-state index in [-0.39, 0.29) is 24.3 Å². The summed E-state index contributed by atoms with van der Waals surface area (Å²) in [6, 6.07) is 17.4. The third kappa shape index (κ3) is 4.52. The summed E-state index contributed by atoms with van der Waals surface area (Å²) in [5.41, 5.74) is 2.84. The highest BCUT2D eigenvalue weighted by Gasteiger charge is 2.32. The van der Waals surface area contributed by atoms with Crippen molar-refractivity contribution in [3.63, 3.8) is 0 Å². The van der Waals surface area contributed by atoms with Gasteiger partial charge in [-0.1, -0.05) is 60.3 Å². The van der Waals surface area contributed by atoms with Crippen LogP contribution in [0.5, 0.6) is 0 Å². The van der Waals surface area contributed by atoms with Gasteiger partial charge < -0.3 is 10.6 Å². The fourth-order valence-corrected chi connectivity index (χ4v) is 3.71. The van der Waals surface area contributed by atoms with Crippen molar-refractivity contribution in [2.45, 2.75) is 31.6 Å². The monoisotopic (exact) mass is 367 g/mol. The zero-order valence-electron chi connectivity index (χ0n) is 14.7. The van der Waals surface area contributed by atoms with Crippen molar-refractivity contribution < 1.29 is 9.59 Å². The van der Waals surface area contributed by atoms with Crippen molar-refractivity contribution >= 4 is 34.4 Å². The summed E-state index contributed by atoms with van der Waals surface area (Å²) < 4.78 is 0. The van der Waals surface area contributed by atoms with Gasteiger partial charge in [0.05, 0.1) is 6.04 Å². The summed E-state index contributed by atoms with van der Waals surface area (Å²) in [7, 11) is 0. The van der Waals surface area contributed by atoms with E-state index in [9.17, 15) is 9.59 Å². The topological polar surface area (TPSA) is 70.6 Å². The lowest BCUT2D eigenvalue weighted by molar-refractivity contribution is -0.122. The molecule has 2 amide bonds. The molecular formula is C20H21N3O2S. The van der Waals surface area contributed by atoms with Crippen LogP contribution in [0.15, 0.2) is 59.6 Å². The van der Waals surface area contributed by atoms with Crippen LogP contribution in [0.2, 0.25) is 0 Å². The number of aliphatic imine (C=N–C) groups is 1. The Hall–Kier alpha value is -2.60. The zero-order chi connectivity index (χ0) is 18.5. The number of para-hydroxylation sites is 1. The lowest BCUT2D eigenvalue weighted by atomic mass is 10.1. The first kappa shape index (κ1) is 18.2. The van der Waals surface area contributed by atoms with E-state index in [1.165, 1.54) is 11.8 Å². The SMILES string of the molecule is Cc1ccccc1NC(=O)C[C@@H]1SC(=N[C@H](C)c2ccccc2)NC1=O. The van der Waals surface area contributed by atoms with E-state index < -0.39 is 5.25 Å². The molecule has 0 saturated carbocycles. The number of aryl methyl sites for hydroxylation is 1. The first-order valence-corrected chi connectivity index (χ1v) is 9.36. The lowest BCUT2D eigenvalue weighted by Gasteiger charge is -2.09. The third-order valence-corrected chi connectivity index (χ3v) is 5.26. The molecule has 1 heterocycles. The molecule has 1 aliphatic rings. The van der Waals surface area contributed by atoms with Crippen molar-refractivity contribution in [1.82, 2.24) is 5.32 Å². The number of rotatable bonds is 5. The van der Waals surface area contributed by atoms with Gasteiger partial charge in [0.2, 0.25) is 11.8 Å². The second-order valence-electron chi connectivity index (χ2n) is 6.18. The van der Waals surface area contributed by atoms with Crippen LogP contribution in [0.3, 0.4) is 0 Å². The summed E-state index contributed by atoms with van der Waals surface area (Å²) in [5, 5.41) is 5.76. The van der Waals surface area contributed by atoms with Gasteiger partial charge >= 0.3 is 0 Å². The highest BCUT2D eigenvalue weighted by Crippen LogP contribution is 2.26. The maximum absolute atomic E-state index is 12.3. The zero-order valence-corrected chi connectivity index (χ0v) is 15.5. The van der Waals surface area contributed by atoms with E-state index in [0.29, 0.717) is 5.17 Å². The Morgan fingerprint density at radius 2 is 1.88 bits per heavy atom. The number of nitrogens with one attached hydrogen (secondary N) is 2. The summed E-state index contributed by atoms with van der Waals surface area (Å²) in [5.74, 6) is -0.349. The lowest BCUT2D eigenvalue weighted by Crippen LogP contribution is -2.28. The van der Waals surface area contributed by atoms with Crippen LogP contribution in [0.1, 0.15) is 30.5 Å². The minimum Gasteiger partial charge on any atom is -0.326 e. The standard InChI is InChI=1S/C20H21N3O2S/c1-13-8-6-7-11-16(13)22-18(24)12-17-19(25)23-20(26-17)21-14(2)15-9-4-3-5-10-15/h3-11,14,17H,12H2,1-2H3,(H,22,24)(H,21,23,25)/t14-,17+/m1/s1. The predicted octanol–water partition coefficient (Wildman–Crippen LogP) is 3.67. The van der Waals surface area contributed by atoms with Crippen molar-refractivity contribution in [2.24, 2.45) is 4.99 Å². The van der Waals surface area contributed by atoms with Crippen LogP contribution in [0.25, 0.3) is 0 Å². The van der Waals surface area contributed by atoms with Gasteiger partial charge in [-0.15, -0.1) is 0 Å². The van der Waals surface area contributed by atoms with Crippen molar-refractivity contribution in [1.29, 1.82) is 0 Å². The van der Waals surface area contributed by atoms with Crippen molar-refractivity contribution in [3.05, 3.63) is 65.7 Å². The molecule has 1 saturated heterocycles. The fourth-order valence-electron chi connectivity index (χ4n) is 2.67. The number of benzene rings is 2. The van der Waals surface area contributed by atoms with E-state index in [2.05, 4.69) is 15.6 Å². The number of amidine groups is 1. The van der Waals surface area contributed by atoms with Gasteiger partial charge in [-0.25, -0.2) is 0 Å². The van der Waals surface area contributed by atoms with E-state index in [4.69, 9.17) is 0 Å². The molecule has 2 aromatic carbocycles. The Morgan fingerprint density at radius 1 is 1.19 bits per heavy atom. The number of anilines is 1. The summed E-state index contributed by atoms with van der Waals surface area (Å²) in [4.78, 5) is 29.0. The first-order chi connectivity index (χ1) is 12.5. The van der Waals surface area contributed by atoms with Gasteiger partial charge in [-0.05, 0) is 31.0 Å². The van der Waals surface area contributed by atoms with Gasteiger partial charge in [-0.3, -0.25) is 14.6 Å². The molecule has 3 rings (SSSR count). The molecule has 2 N–H and O–H groups in total. The van der Waals surface area contributed by atoms with Crippen molar-refractivity contribution in [2.75, 3.05) is 5.32 Å². The molecule has 0 unspecified atom stereocenters. The maximum atomic E-state index is 12.3. The van der Waals surface area contributed by atoms with E-state index in [0.717, 1.165) is 16.8 Å². The first-order valence-electron chi connectivity index (χ1n) is 8.48. The Balaban J connectivity index is 1.60. The van der Waals surface area contributed by atoms with Gasteiger partial charge in [0.1, 0.15) is 5.25 Å². The van der Waals surface area contributed by atoms with E-state index in [1.54, 1.807) is 0 Å². The normalized spacial score (nSPS) is 19.2. The number of hydrogen-bond acceptors (Lipinski definition) is 4. The fraction of sp³-hybridized carbons (Fsp3) is 0.250. The molecule has 1 aliphatic heterocycles. The predicted molar refractivity (Wildman–Crippen MR) is 106 cm³/mol. The minimum atomic E-state index is -0.458. The summed E-state index contributed by atoms with van der Waals surface area (Å²) in [6.07, 6.45) is 0.115. The molecule has 0 aromatic heterocycles. The molecule has 2 atom stereocenters. The Bertz CT molecular complexity index is 836. The molecular weight excluding hydrogens is 346 g/mol. The molecule has 0 aliphatic carbocycles. The average Bonchev–Trinajstić information content (AvgIpc) is 2.96. The number of thioether (sulfide) groups is 1. The second kappa shape index (κ2) is 8.19. The molecule has 1 fully saturated rings. The van der Waals surface area contributed by atoms with E-state index in [1.807, 2.05) is 68.4 Å². The molecule has 0 radical (unpaired) electrons. The van der Waals surface area contributed by atoms with Crippen LogP contribution in [-0.4, -0.2) is 22.2 Å². The Kier molecular flexibility index (Phi) is 5.73. The summed E-state index contributed by atoms with van der Waals surface area (Å²) >= 11 is 1.31. The molecule has 6 heteroatoms. The van der Waals surface area contributed by atoms with Gasteiger partial charge in [0.15, 0.2) is 5.17 Å². The number of hydrogen-bond donors (Lipinski definition) is 2. The van der Waals surface area contributed by atoms with Gasteiger partial charge in [0, 0.05) is 12.1 Å². The van der Waals surface area contributed by atoms with Gasteiger partial charge in [0.25, 0.3) is 0 Å². The van der Waals surface area contributed by atoms with E-state index >= 15 is 0 Å². The number of amides is 2. The maximum Gasteiger partial charge on any atom is 0.240 e. The summed E-state index contributed by atoms with van der Waals surface area (Å²) in [6.45, 7) is 3.91. The Morgan fingerprint density at radius 3 is 2.62 bits per heavy atom. The van der Waals surface area contributed by atoms with Crippen LogP contribution < -0.4 is 10.6 Å². The molecule has 26 heavy (non-hydrogen) atoms. The quantitative estimate of drug-likeness (QED) is 0.847. The highest BCUT2D eigenvalue weighted by atomic mass is 32.2. The molecule has 0 bridgehead atoms. The van der Waals surface area contributed by atoms with Crippen molar-refractivity contribution in [3.8, 4) is 0 Å². The third-order valence-electron chi connectivity index (χ3n) is 4.16. The minimum absolute atomic E-state index is 0.0569. The largest absolute Gasteiger partial charge is 0.326 e. The number of carbonyl (C=O) groups is 2.